The Balaban J connectivity index is 1.24. The van der Waals surface area contributed by atoms with Crippen molar-refractivity contribution in [1.82, 2.24) is 16.0 Å². The lowest BCUT2D eigenvalue weighted by atomic mass is 9.98. The van der Waals surface area contributed by atoms with Crippen molar-refractivity contribution in [3.63, 3.8) is 0 Å². The number of alkyl carbamates (subject to hydrolysis) is 1. The summed E-state index contributed by atoms with van der Waals surface area (Å²) < 4.78 is 32.2. The van der Waals surface area contributed by atoms with Crippen LogP contribution in [-0.2, 0) is 47.6 Å². The van der Waals surface area contributed by atoms with Crippen LogP contribution in [0, 0.1) is 0 Å². The first-order chi connectivity index (χ1) is 25.4. The van der Waals surface area contributed by atoms with Crippen molar-refractivity contribution < 1.29 is 57.5 Å². The van der Waals surface area contributed by atoms with Crippen LogP contribution < -0.4 is 16.0 Å². The molecule has 2 aromatic rings. The fourth-order valence-corrected chi connectivity index (χ4v) is 5.40. The van der Waals surface area contributed by atoms with Gasteiger partial charge in [0.05, 0.1) is 26.4 Å². The summed E-state index contributed by atoms with van der Waals surface area (Å²) in [4.78, 5) is 60.2. The predicted octanol–water partition coefficient (Wildman–Crippen LogP) is 3.18. The monoisotopic (exact) mass is 743 g/mol. The molecule has 4 N–H and O–H groups in total. The number of amides is 3. The number of carbonyl (C=O) groups excluding carboxylic acids is 4. The molecule has 0 saturated heterocycles. The maximum Gasteiger partial charge on any atom is 0.407 e. The Labute approximate surface area is 310 Å². The van der Waals surface area contributed by atoms with Gasteiger partial charge in [0.2, 0.25) is 11.8 Å². The van der Waals surface area contributed by atoms with Crippen LogP contribution in [0.5, 0.6) is 0 Å². The largest absolute Gasteiger partial charge is 0.480 e. The Bertz CT molecular complexity index is 1430. The molecule has 0 spiro atoms. The van der Waals surface area contributed by atoms with Crippen molar-refractivity contribution in [2.24, 2.45) is 0 Å². The van der Waals surface area contributed by atoms with Crippen molar-refractivity contribution in [1.29, 1.82) is 0 Å². The molecule has 0 heterocycles. The van der Waals surface area contributed by atoms with E-state index in [9.17, 15) is 24.0 Å². The first-order valence-corrected chi connectivity index (χ1v) is 17.8. The average Bonchev–Trinajstić information content (AvgIpc) is 3.43. The highest BCUT2D eigenvalue weighted by Crippen LogP contribution is 2.44. The van der Waals surface area contributed by atoms with E-state index in [4.69, 9.17) is 33.5 Å². The molecule has 1 atom stereocenters. The number of fused-ring (bicyclic) bond motifs is 3. The van der Waals surface area contributed by atoms with Gasteiger partial charge in [0.15, 0.2) is 0 Å². The number of hydrogen-bond donors (Lipinski definition) is 4. The van der Waals surface area contributed by atoms with E-state index >= 15 is 0 Å². The van der Waals surface area contributed by atoms with E-state index in [1.54, 1.807) is 20.8 Å². The molecule has 53 heavy (non-hydrogen) atoms. The van der Waals surface area contributed by atoms with E-state index in [0.717, 1.165) is 22.3 Å². The molecule has 1 unspecified atom stereocenters. The van der Waals surface area contributed by atoms with Crippen molar-refractivity contribution in [2.75, 3.05) is 72.6 Å². The third-order valence-corrected chi connectivity index (χ3v) is 7.77. The molecule has 15 nitrogen and oxygen atoms in total. The molecule has 0 saturated carbocycles. The molecule has 1 aliphatic carbocycles. The van der Waals surface area contributed by atoms with Gasteiger partial charge in [-0.05, 0) is 62.3 Å². The van der Waals surface area contributed by atoms with Gasteiger partial charge in [-0.1, -0.05) is 48.5 Å². The van der Waals surface area contributed by atoms with Crippen LogP contribution in [0.2, 0.25) is 0 Å². The van der Waals surface area contributed by atoms with Crippen molar-refractivity contribution in [2.45, 2.75) is 64.0 Å². The number of nitrogens with one attached hydrogen (secondary N) is 3. The number of aliphatic carboxylic acids is 1. The molecule has 3 rings (SSSR count). The first-order valence-electron chi connectivity index (χ1n) is 17.8. The van der Waals surface area contributed by atoms with Crippen molar-refractivity contribution in [3.05, 3.63) is 59.7 Å². The molecule has 0 radical (unpaired) electrons. The molecule has 2 aromatic carbocycles. The second kappa shape index (κ2) is 23.2. The zero-order chi connectivity index (χ0) is 38.5. The maximum absolute atomic E-state index is 13.0. The van der Waals surface area contributed by atoms with Crippen LogP contribution in [0.4, 0.5) is 4.79 Å². The highest BCUT2D eigenvalue weighted by molar-refractivity contribution is 5.83. The van der Waals surface area contributed by atoms with E-state index in [2.05, 4.69) is 16.0 Å². The summed E-state index contributed by atoms with van der Waals surface area (Å²) in [5, 5.41) is 16.5. The van der Waals surface area contributed by atoms with Gasteiger partial charge in [0.1, 0.15) is 31.5 Å². The second-order valence-electron chi connectivity index (χ2n) is 13.2. The maximum atomic E-state index is 13.0. The number of rotatable bonds is 25. The van der Waals surface area contributed by atoms with Gasteiger partial charge in [-0.2, -0.15) is 0 Å². The number of ether oxygens (including phenoxy) is 6. The number of hydrogen-bond acceptors (Lipinski definition) is 11. The van der Waals surface area contributed by atoms with Crippen molar-refractivity contribution in [3.8, 4) is 11.1 Å². The molecule has 1 aliphatic rings. The number of carbonyl (C=O) groups is 5. The third-order valence-electron chi connectivity index (χ3n) is 7.77. The highest BCUT2D eigenvalue weighted by Gasteiger charge is 2.31. The Kier molecular flexibility index (Phi) is 18.7. The second-order valence-corrected chi connectivity index (χ2v) is 13.2. The molecule has 0 fully saturated rings. The molecule has 0 aromatic heterocycles. The van der Waals surface area contributed by atoms with E-state index in [1.807, 2.05) is 48.5 Å². The lowest BCUT2D eigenvalue weighted by Gasteiger charge is -2.24. The molecule has 15 heteroatoms. The predicted molar refractivity (Wildman–Crippen MR) is 193 cm³/mol. The normalized spacial score (nSPS) is 12.7. The molecular weight excluding hydrogens is 690 g/mol. The minimum Gasteiger partial charge on any atom is -0.480 e. The summed E-state index contributed by atoms with van der Waals surface area (Å²) in [7, 11) is 0. The molecule has 3 amide bonds. The zero-order valence-corrected chi connectivity index (χ0v) is 30.8. The Hall–Kier alpha value is -4.57. The quantitative estimate of drug-likeness (QED) is 0.0858. The van der Waals surface area contributed by atoms with E-state index < -0.39 is 36.3 Å². The van der Waals surface area contributed by atoms with Crippen molar-refractivity contribution >= 4 is 29.8 Å². The molecule has 0 aliphatic heterocycles. The number of carboxylic acid groups (broad SMARTS) is 1. The van der Waals surface area contributed by atoms with E-state index in [-0.39, 0.29) is 43.8 Å². The van der Waals surface area contributed by atoms with Crippen LogP contribution in [0.15, 0.2) is 48.5 Å². The lowest BCUT2D eigenvalue weighted by Crippen LogP contribution is -2.45. The summed E-state index contributed by atoms with van der Waals surface area (Å²) in [5.41, 5.74) is 3.57. The lowest BCUT2D eigenvalue weighted by molar-refractivity contribution is -0.157. The smallest absolute Gasteiger partial charge is 0.407 e. The number of esters is 1. The van der Waals surface area contributed by atoms with E-state index in [0.29, 0.717) is 65.6 Å². The summed E-state index contributed by atoms with van der Waals surface area (Å²) in [6, 6.07) is 14.9. The van der Waals surface area contributed by atoms with Gasteiger partial charge in [0.25, 0.3) is 0 Å². The van der Waals surface area contributed by atoms with Crippen LogP contribution in [-0.4, -0.2) is 119 Å². The van der Waals surface area contributed by atoms with Gasteiger partial charge in [-0.15, -0.1) is 0 Å². The standard InChI is InChI=1S/C38H53N3O12/c1-38(2,3)53-36(46)32(41-37(47)52-24-31-29-12-6-4-10-27(29)28-11-5-7-13-30(28)31)14-15-33(42)39-16-8-18-48-20-22-50-23-21-49-19-9-17-40-34(43)25-51-26-35(44)45/h4-7,10-13,31-32H,8-9,14-26H2,1-3H3,(H,39,42)(H,40,43)(H,41,47)(H,44,45). The van der Waals surface area contributed by atoms with Gasteiger partial charge in [-0.25, -0.2) is 14.4 Å². The Morgan fingerprint density at radius 1 is 0.717 bits per heavy atom. The highest BCUT2D eigenvalue weighted by atomic mass is 16.6. The average molecular weight is 744 g/mol. The van der Waals surface area contributed by atoms with Crippen LogP contribution in [0.1, 0.15) is 63.5 Å². The molecule has 0 bridgehead atoms. The third kappa shape index (κ3) is 16.8. The van der Waals surface area contributed by atoms with Gasteiger partial charge < -0.3 is 49.5 Å². The first kappa shape index (κ1) is 42.8. The van der Waals surface area contributed by atoms with Gasteiger partial charge in [-0.3, -0.25) is 9.59 Å². The van der Waals surface area contributed by atoms with Gasteiger partial charge in [0, 0.05) is 38.6 Å². The summed E-state index contributed by atoms with van der Waals surface area (Å²) in [5.74, 6) is -2.58. The summed E-state index contributed by atoms with van der Waals surface area (Å²) in [6.45, 7) is 7.59. The topological polar surface area (TPSA) is 197 Å². The van der Waals surface area contributed by atoms with E-state index in [1.165, 1.54) is 0 Å². The number of benzene rings is 2. The summed E-state index contributed by atoms with van der Waals surface area (Å²) >= 11 is 0. The van der Waals surface area contributed by atoms with Crippen LogP contribution >= 0.6 is 0 Å². The fourth-order valence-electron chi connectivity index (χ4n) is 5.40. The van der Waals surface area contributed by atoms with Crippen LogP contribution in [0.25, 0.3) is 11.1 Å². The molecular formula is C38H53N3O12. The minimum absolute atomic E-state index is 0.0114. The fraction of sp³-hybridized carbons (Fsp3) is 0.553. The SMILES string of the molecule is CC(C)(C)OC(=O)C(CCC(=O)NCCCOCCOCCOCCCNC(=O)COCC(=O)O)NC(=O)OCC1c2ccccc2-c2ccccc21. The Morgan fingerprint density at radius 2 is 1.25 bits per heavy atom. The zero-order valence-electron chi connectivity index (χ0n) is 30.8. The minimum atomic E-state index is -1.13. The number of carboxylic acids is 1. The van der Waals surface area contributed by atoms with Gasteiger partial charge >= 0.3 is 18.0 Å². The van der Waals surface area contributed by atoms with Crippen LogP contribution in [0.3, 0.4) is 0 Å². The summed E-state index contributed by atoms with van der Waals surface area (Å²) in [6.07, 6.45) is 0.420. The Morgan fingerprint density at radius 3 is 1.79 bits per heavy atom. The molecule has 292 valence electrons.